The molecule has 1 aliphatic rings. The van der Waals surface area contributed by atoms with Gasteiger partial charge < -0.3 is 10.3 Å². The summed E-state index contributed by atoms with van der Waals surface area (Å²) in [6, 6.07) is 4.12. The largest absolute Gasteiger partial charge is 0.325 e. The average Bonchev–Trinajstić information content (AvgIpc) is 2.50. The van der Waals surface area contributed by atoms with Crippen LogP contribution in [-0.4, -0.2) is 16.7 Å². The smallest absolute Gasteiger partial charge is 0.261 e. The molecule has 0 spiro atoms. The molecule has 0 unspecified atom stereocenters. The van der Waals surface area contributed by atoms with E-state index < -0.39 is 23.1 Å². The predicted molar refractivity (Wildman–Crippen MR) is 83.2 cm³/mol. The van der Waals surface area contributed by atoms with E-state index in [4.69, 9.17) is 0 Å². The third-order valence-electron chi connectivity index (χ3n) is 3.93. The molecule has 0 fully saturated rings. The second kappa shape index (κ2) is 5.99. The minimum Gasteiger partial charge on any atom is -0.325 e. The summed E-state index contributed by atoms with van der Waals surface area (Å²) >= 11 is 0. The fraction of sp³-hybridized carbons (Fsp3) is 0.235. The highest BCUT2D eigenvalue weighted by Crippen LogP contribution is 2.23. The number of anilines is 1. The molecule has 1 aromatic carbocycles. The Morgan fingerprint density at radius 3 is 2.62 bits per heavy atom. The molecule has 2 N–H and O–H groups in total. The second-order valence-electron chi connectivity index (χ2n) is 5.92. The van der Waals surface area contributed by atoms with Crippen molar-refractivity contribution in [3.63, 3.8) is 0 Å². The van der Waals surface area contributed by atoms with Crippen LogP contribution in [0.1, 0.15) is 39.8 Å². The van der Waals surface area contributed by atoms with Gasteiger partial charge in [0.25, 0.3) is 11.5 Å². The lowest BCUT2D eigenvalue weighted by molar-refractivity contribution is 0.0952. The van der Waals surface area contributed by atoms with Crippen molar-refractivity contribution in [2.75, 3.05) is 5.32 Å². The zero-order chi connectivity index (χ0) is 17.4. The third kappa shape index (κ3) is 2.97. The summed E-state index contributed by atoms with van der Waals surface area (Å²) in [6.45, 7) is 1.91. The number of rotatable bonds is 2. The molecular weight excluding hydrogens is 318 g/mol. The van der Waals surface area contributed by atoms with Crippen molar-refractivity contribution in [3.05, 3.63) is 63.1 Å². The van der Waals surface area contributed by atoms with Gasteiger partial charge in [-0.25, -0.2) is 8.78 Å². The first-order valence-corrected chi connectivity index (χ1v) is 7.41. The topological polar surface area (TPSA) is 79.0 Å². The summed E-state index contributed by atoms with van der Waals surface area (Å²) in [5, 5.41) is 2.32. The van der Waals surface area contributed by atoms with Gasteiger partial charge in [-0.2, -0.15) is 0 Å². The second-order valence-corrected chi connectivity index (χ2v) is 5.92. The normalized spacial score (nSPS) is 16.6. The molecule has 24 heavy (non-hydrogen) atoms. The van der Waals surface area contributed by atoms with E-state index in [0.717, 1.165) is 12.1 Å². The van der Waals surface area contributed by atoms with E-state index in [0.29, 0.717) is 24.1 Å². The van der Waals surface area contributed by atoms with Gasteiger partial charge in [0.2, 0.25) is 0 Å². The molecule has 1 amide bonds. The number of hydrogen-bond donors (Lipinski definition) is 2. The van der Waals surface area contributed by atoms with Crippen LogP contribution in [0.25, 0.3) is 0 Å². The van der Waals surface area contributed by atoms with Gasteiger partial charge in [-0.3, -0.25) is 14.4 Å². The maximum atomic E-state index is 13.2. The highest BCUT2D eigenvalue weighted by Gasteiger charge is 2.25. The number of benzene rings is 1. The Morgan fingerprint density at radius 1 is 1.17 bits per heavy atom. The van der Waals surface area contributed by atoms with Crippen molar-refractivity contribution < 1.29 is 18.4 Å². The zero-order valence-electron chi connectivity index (χ0n) is 12.8. The summed E-state index contributed by atoms with van der Waals surface area (Å²) in [6.07, 6.45) is 0.907. The van der Waals surface area contributed by atoms with Crippen molar-refractivity contribution in [2.45, 2.75) is 19.8 Å². The molecule has 2 aromatic rings. The zero-order valence-corrected chi connectivity index (χ0v) is 12.8. The summed E-state index contributed by atoms with van der Waals surface area (Å²) in [4.78, 5) is 39.0. The lowest BCUT2D eigenvalue weighted by atomic mass is 9.86. The Balaban J connectivity index is 1.93. The van der Waals surface area contributed by atoms with Gasteiger partial charge in [-0.05, 0) is 30.5 Å². The monoisotopic (exact) mass is 332 g/mol. The molecule has 1 atom stereocenters. The van der Waals surface area contributed by atoms with Crippen LogP contribution in [0.5, 0.6) is 0 Å². The number of nitrogens with one attached hydrogen (secondary N) is 2. The molecule has 124 valence electrons. The van der Waals surface area contributed by atoms with Crippen molar-refractivity contribution in [3.8, 4) is 0 Å². The van der Waals surface area contributed by atoms with Crippen molar-refractivity contribution in [1.29, 1.82) is 0 Å². The van der Waals surface area contributed by atoms with Gasteiger partial charge in [0.1, 0.15) is 5.56 Å². The maximum absolute atomic E-state index is 13.2. The minimum absolute atomic E-state index is 0.0102. The standard InChI is InChI=1S/C17H14F2N2O3/c1-8-4-14-10(15(22)5-8)7-11(17(24)21-14)16(23)20-9-2-3-12(18)13(19)6-9/h2-3,6-8H,4-5H2,1H3,(H,20,23)(H,21,24)/t8-/m0/s1. The first kappa shape index (κ1) is 16.0. The van der Waals surface area contributed by atoms with Crippen molar-refractivity contribution in [2.24, 2.45) is 5.92 Å². The predicted octanol–water partition coefficient (Wildman–Crippen LogP) is 2.67. The summed E-state index contributed by atoms with van der Waals surface area (Å²) in [7, 11) is 0. The molecule has 5 nitrogen and oxygen atoms in total. The fourth-order valence-electron chi connectivity index (χ4n) is 2.77. The Hall–Kier alpha value is -2.83. The number of ketones is 1. The summed E-state index contributed by atoms with van der Waals surface area (Å²) < 4.78 is 26.1. The fourth-order valence-corrected chi connectivity index (χ4v) is 2.77. The molecule has 3 rings (SSSR count). The SMILES string of the molecule is C[C@@H]1CC(=O)c2cc(C(=O)Nc3ccc(F)c(F)c3)c(=O)[nH]c2C1. The first-order chi connectivity index (χ1) is 11.3. The molecule has 0 bridgehead atoms. The van der Waals surface area contributed by atoms with E-state index in [1.807, 2.05) is 6.92 Å². The lowest BCUT2D eigenvalue weighted by Crippen LogP contribution is -2.29. The molecule has 0 aliphatic heterocycles. The number of amides is 1. The number of fused-ring (bicyclic) bond motifs is 1. The average molecular weight is 332 g/mol. The minimum atomic E-state index is -1.11. The van der Waals surface area contributed by atoms with Crippen molar-refractivity contribution in [1.82, 2.24) is 4.98 Å². The maximum Gasteiger partial charge on any atom is 0.261 e. The molecule has 0 saturated carbocycles. The van der Waals surface area contributed by atoms with Gasteiger partial charge in [0.05, 0.1) is 0 Å². The van der Waals surface area contributed by atoms with Crippen LogP contribution in [0.3, 0.4) is 0 Å². The summed E-state index contributed by atoms with van der Waals surface area (Å²) in [5.41, 5.74) is -0.0237. The van der Waals surface area contributed by atoms with Gasteiger partial charge in [0.15, 0.2) is 17.4 Å². The number of aromatic amines is 1. The number of halogens is 2. The van der Waals surface area contributed by atoms with E-state index in [1.165, 1.54) is 12.1 Å². The molecule has 1 aromatic heterocycles. The van der Waals surface area contributed by atoms with Gasteiger partial charge in [0, 0.05) is 29.4 Å². The van der Waals surface area contributed by atoms with Crippen LogP contribution in [0.4, 0.5) is 14.5 Å². The molecule has 0 saturated heterocycles. The van der Waals surface area contributed by atoms with Crippen LogP contribution in [0, 0.1) is 17.6 Å². The first-order valence-electron chi connectivity index (χ1n) is 7.41. The highest BCUT2D eigenvalue weighted by molar-refractivity contribution is 6.06. The van der Waals surface area contributed by atoms with Crippen LogP contribution >= 0.6 is 0 Å². The van der Waals surface area contributed by atoms with Gasteiger partial charge >= 0.3 is 0 Å². The summed E-state index contributed by atoms with van der Waals surface area (Å²) in [5.74, 6) is -2.96. The van der Waals surface area contributed by atoms with E-state index in [1.54, 1.807) is 0 Å². The van der Waals surface area contributed by atoms with Gasteiger partial charge in [-0.1, -0.05) is 6.92 Å². The van der Waals surface area contributed by atoms with Crippen LogP contribution in [0.15, 0.2) is 29.1 Å². The molecule has 7 heteroatoms. The Morgan fingerprint density at radius 2 is 1.92 bits per heavy atom. The van der Waals surface area contributed by atoms with Crippen LogP contribution in [-0.2, 0) is 6.42 Å². The number of H-pyrrole nitrogens is 1. The lowest BCUT2D eigenvalue weighted by Gasteiger charge is -2.20. The van der Waals surface area contributed by atoms with E-state index >= 15 is 0 Å². The quantitative estimate of drug-likeness (QED) is 0.887. The Labute approximate surface area is 135 Å². The Kier molecular flexibility index (Phi) is 4.01. The van der Waals surface area contributed by atoms with Crippen molar-refractivity contribution >= 4 is 17.4 Å². The number of aromatic nitrogens is 1. The van der Waals surface area contributed by atoms with E-state index in [2.05, 4.69) is 10.3 Å². The number of carbonyl (C=O) groups is 2. The van der Waals surface area contributed by atoms with Gasteiger partial charge in [-0.15, -0.1) is 0 Å². The number of carbonyl (C=O) groups excluding carboxylic acids is 2. The number of Topliss-reactive ketones (excluding diaryl/α,β-unsaturated/α-hetero) is 1. The van der Waals surface area contributed by atoms with Crippen LogP contribution < -0.4 is 10.9 Å². The highest BCUT2D eigenvalue weighted by atomic mass is 19.2. The van der Waals surface area contributed by atoms with E-state index in [-0.39, 0.29) is 23.0 Å². The number of pyridine rings is 1. The third-order valence-corrected chi connectivity index (χ3v) is 3.93. The molecule has 1 aliphatic carbocycles. The van der Waals surface area contributed by atoms with E-state index in [9.17, 15) is 23.2 Å². The molecule has 1 heterocycles. The Bertz CT molecular complexity index is 905. The molecular formula is C17H14F2N2O3. The molecule has 0 radical (unpaired) electrons. The van der Waals surface area contributed by atoms with Crippen LogP contribution in [0.2, 0.25) is 0 Å². The number of hydrogen-bond acceptors (Lipinski definition) is 3.